The van der Waals surface area contributed by atoms with Crippen LogP contribution < -0.4 is 9.47 Å². The normalized spacial score (nSPS) is 14.4. The van der Waals surface area contributed by atoms with Crippen LogP contribution in [-0.4, -0.2) is 102 Å². The highest BCUT2D eigenvalue weighted by Gasteiger charge is 2.37. The minimum atomic E-state index is -0.164. The highest BCUT2D eigenvalue weighted by atomic mass is 16.5. The zero-order valence-corrected chi connectivity index (χ0v) is 29.4. The van der Waals surface area contributed by atoms with Gasteiger partial charge < -0.3 is 23.8 Å². The molecule has 0 amide bonds. The number of benzene rings is 3. The van der Waals surface area contributed by atoms with Gasteiger partial charge in [-0.2, -0.15) is 0 Å². The van der Waals surface area contributed by atoms with Crippen LogP contribution in [0.2, 0.25) is 0 Å². The molecule has 3 aromatic carbocycles. The Morgan fingerprint density at radius 2 is 1.22 bits per heavy atom. The number of ether oxygens (including phenoxy) is 4. The molecule has 0 saturated carbocycles. The first-order valence-corrected chi connectivity index (χ1v) is 16.5. The minimum absolute atomic E-state index is 0.0564. The van der Waals surface area contributed by atoms with E-state index in [0.29, 0.717) is 0 Å². The van der Waals surface area contributed by atoms with Crippen LogP contribution in [0.5, 0.6) is 11.5 Å². The predicted octanol–water partition coefficient (Wildman–Crippen LogP) is 6.61. The molecule has 3 rings (SSSR count). The van der Waals surface area contributed by atoms with E-state index in [9.17, 15) is 0 Å². The molecule has 0 spiro atoms. The van der Waals surface area contributed by atoms with Gasteiger partial charge in [0.2, 0.25) is 0 Å². The summed E-state index contributed by atoms with van der Waals surface area (Å²) in [5.74, 6) is 1.73. The van der Waals surface area contributed by atoms with E-state index in [1.807, 2.05) is 31.4 Å². The van der Waals surface area contributed by atoms with E-state index in [4.69, 9.17) is 18.9 Å². The summed E-state index contributed by atoms with van der Waals surface area (Å²) in [5.41, 5.74) is 3.59. The molecular weight excluding hydrogens is 574 g/mol. The maximum atomic E-state index is 6.19. The van der Waals surface area contributed by atoms with Crippen LogP contribution in [-0.2, 0) is 28.7 Å². The van der Waals surface area contributed by atoms with Gasteiger partial charge in [-0.3, -0.25) is 9.80 Å². The summed E-state index contributed by atoms with van der Waals surface area (Å²) in [6, 6.07) is 27.2. The zero-order chi connectivity index (χ0) is 33.4. The fourth-order valence-electron chi connectivity index (χ4n) is 6.29. The van der Waals surface area contributed by atoms with Crippen molar-refractivity contribution in [1.82, 2.24) is 14.7 Å². The van der Waals surface area contributed by atoms with Gasteiger partial charge in [-0.1, -0.05) is 61.5 Å². The standard InChI is InChI=1S/C39H58N3O4/c1-9-39(23-15-25-40(2)26-22-32-16-11-10-12-17-32,42(4)38(46-8)31-34-19-14-21-36(29-34)44-6)24-27-41(3)37(45-7)30-33-18-13-20-35(28-33)43-5/h10-14,16-21,28-29,37-38H,1,9,15,22-27,30-31H2,2-8H3. The van der Waals surface area contributed by atoms with Gasteiger partial charge >= 0.3 is 0 Å². The summed E-state index contributed by atoms with van der Waals surface area (Å²) in [6.45, 7) is 7.47. The van der Waals surface area contributed by atoms with Crippen molar-refractivity contribution in [3.05, 3.63) is 102 Å². The molecule has 253 valence electrons. The van der Waals surface area contributed by atoms with E-state index < -0.39 is 0 Å². The number of hydrogen-bond acceptors (Lipinski definition) is 7. The largest absolute Gasteiger partial charge is 0.497 e. The van der Waals surface area contributed by atoms with E-state index >= 15 is 0 Å². The Morgan fingerprint density at radius 3 is 1.76 bits per heavy atom. The number of methoxy groups -OCH3 is 4. The van der Waals surface area contributed by atoms with Crippen LogP contribution in [0.1, 0.15) is 42.4 Å². The quantitative estimate of drug-likeness (QED) is 0.116. The third kappa shape index (κ3) is 11.4. The molecule has 3 atom stereocenters. The lowest BCUT2D eigenvalue weighted by atomic mass is 9.84. The Balaban J connectivity index is 1.74. The van der Waals surface area contributed by atoms with E-state index in [0.717, 1.165) is 76.1 Å². The molecule has 7 nitrogen and oxygen atoms in total. The van der Waals surface area contributed by atoms with Crippen molar-refractivity contribution < 1.29 is 18.9 Å². The lowest BCUT2D eigenvalue weighted by Gasteiger charge is -2.46. The van der Waals surface area contributed by atoms with Crippen molar-refractivity contribution in [3.63, 3.8) is 0 Å². The lowest BCUT2D eigenvalue weighted by Crippen LogP contribution is -2.54. The first-order chi connectivity index (χ1) is 22.3. The van der Waals surface area contributed by atoms with Gasteiger partial charge in [-0.25, -0.2) is 0 Å². The summed E-state index contributed by atoms with van der Waals surface area (Å²) in [6.07, 6.45) is 6.23. The van der Waals surface area contributed by atoms with Gasteiger partial charge in [0.1, 0.15) is 24.0 Å². The van der Waals surface area contributed by atoms with Gasteiger partial charge in [0.15, 0.2) is 0 Å². The van der Waals surface area contributed by atoms with Crippen LogP contribution in [0, 0.1) is 6.92 Å². The van der Waals surface area contributed by atoms with E-state index in [1.54, 1.807) is 21.3 Å². The van der Waals surface area contributed by atoms with Crippen LogP contribution in [0.25, 0.3) is 0 Å². The second-order valence-electron chi connectivity index (χ2n) is 12.5. The number of nitrogens with zero attached hydrogens (tertiary/aromatic N) is 3. The molecule has 0 heterocycles. The zero-order valence-electron chi connectivity index (χ0n) is 29.4. The van der Waals surface area contributed by atoms with Crippen molar-refractivity contribution in [2.45, 2.75) is 62.9 Å². The van der Waals surface area contributed by atoms with Crippen molar-refractivity contribution in [2.75, 3.05) is 69.2 Å². The van der Waals surface area contributed by atoms with Crippen LogP contribution in [0.3, 0.4) is 0 Å². The Labute approximate surface area is 279 Å². The maximum absolute atomic E-state index is 6.19. The summed E-state index contributed by atoms with van der Waals surface area (Å²) in [7, 11) is 13.6. The van der Waals surface area contributed by atoms with Crippen LogP contribution in [0.15, 0.2) is 78.9 Å². The molecule has 0 fully saturated rings. The average Bonchev–Trinajstić information content (AvgIpc) is 3.10. The summed E-state index contributed by atoms with van der Waals surface area (Å²) in [4.78, 5) is 7.22. The molecule has 0 saturated heterocycles. The van der Waals surface area contributed by atoms with Gasteiger partial charge in [-0.15, -0.1) is 0 Å². The topological polar surface area (TPSA) is 46.6 Å². The minimum Gasteiger partial charge on any atom is -0.497 e. The van der Waals surface area contributed by atoms with E-state index in [1.165, 1.54) is 16.7 Å². The Bertz CT molecular complexity index is 1260. The third-order valence-corrected chi connectivity index (χ3v) is 9.51. The summed E-state index contributed by atoms with van der Waals surface area (Å²) >= 11 is 0. The fraction of sp³-hybridized carbons (Fsp3) is 0.513. The van der Waals surface area contributed by atoms with E-state index in [-0.39, 0.29) is 18.0 Å². The van der Waals surface area contributed by atoms with Gasteiger partial charge in [0.25, 0.3) is 0 Å². The molecule has 7 heteroatoms. The second kappa shape index (κ2) is 19.7. The van der Waals surface area contributed by atoms with Crippen LogP contribution >= 0.6 is 0 Å². The van der Waals surface area contributed by atoms with Crippen LogP contribution in [0.4, 0.5) is 0 Å². The molecule has 46 heavy (non-hydrogen) atoms. The molecule has 0 aromatic heterocycles. The van der Waals surface area contributed by atoms with Crippen molar-refractivity contribution in [1.29, 1.82) is 0 Å². The Kier molecular flexibility index (Phi) is 16.0. The molecule has 0 N–H and O–H groups in total. The first-order valence-electron chi connectivity index (χ1n) is 16.5. The third-order valence-electron chi connectivity index (χ3n) is 9.51. The Hall–Kier alpha value is -2.94. The van der Waals surface area contributed by atoms with E-state index in [2.05, 4.69) is 97.4 Å². The van der Waals surface area contributed by atoms with Crippen molar-refractivity contribution in [3.8, 4) is 11.5 Å². The summed E-state index contributed by atoms with van der Waals surface area (Å²) < 4.78 is 23.1. The van der Waals surface area contributed by atoms with Crippen molar-refractivity contribution in [2.24, 2.45) is 0 Å². The molecule has 0 aliphatic rings. The smallest absolute Gasteiger partial charge is 0.119 e. The number of likely N-dealkylation sites (N-methyl/N-ethyl adjacent to an activating group) is 3. The molecule has 0 aliphatic carbocycles. The molecule has 3 unspecified atom stereocenters. The number of hydrogen-bond donors (Lipinski definition) is 0. The van der Waals surface area contributed by atoms with Crippen molar-refractivity contribution >= 4 is 0 Å². The average molecular weight is 633 g/mol. The monoisotopic (exact) mass is 632 g/mol. The molecule has 0 bridgehead atoms. The SMILES string of the molecule is [CH2]CC(CCCN(C)CCc1ccccc1)(CCN(C)C(Cc1cccc(OC)c1)OC)N(C)C(Cc1cccc(OC)c1)OC. The van der Waals surface area contributed by atoms with Gasteiger partial charge in [0.05, 0.1) is 14.2 Å². The molecule has 1 radical (unpaired) electrons. The molecular formula is C39H58N3O4. The molecule has 0 aliphatic heterocycles. The number of rotatable bonds is 22. The fourth-order valence-corrected chi connectivity index (χ4v) is 6.29. The highest BCUT2D eigenvalue weighted by Crippen LogP contribution is 2.32. The Morgan fingerprint density at radius 1 is 0.652 bits per heavy atom. The first kappa shape index (κ1) is 37.5. The van der Waals surface area contributed by atoms with Gasteiger partial charge in [0, 0.05) is 45.7 Å². The second-order valence-corrected chi connectivity index (χ2v) is 12.5. The lowest BCUT2D eigenvalue weighted by molar-refractivity contribution is -0.0892. The predicted molar refractivity (Wildman–Crippen MR) is 190 cm³/mol. The summed E-state index contributed by atoms with van der Waals surface area (Å²) in [5, 5.41) is 0. The highest BCUT2D eigenvalue weighted by molar-refractivity contribution is 5.29. The molecule has 3 aromatic rings. The van der Waals surface area contributed by atoms with Gasteiger partial charge in [-0.05, 0) is 101 Å². The maximum Gasteiger partial charge on any atom is 0.119 e.